The number of aromatic amines is 1. The standard InChI is InChI=1S/C19H19N3O2/c1-13-17(16-5-3-4-6-18(16)21-13)12-20-22-19(23)11-14-7-9-15(24-2)10-8-14/h3-10,12,21H,11H2,1-2H3,(H,22,23)/b20-12-. The normalized spacial score (nSPS) is 11.1. The molecule has 24 heavy (non-hydrogen) atoms. The monoisotopic (exact) mass is 321 g/mol. The first kappa shape index (κ1) is 15.8. The molecular formula is C19H19N3O2. The number of fused-ring (bicyclic) bond motifs is 1. The van der Waals surface area contributed by atoms with Crippen molar-refractivity contribution in [2.45, 2.75) is 13.3 Å². The zero-order valence-electron chi connectivity index (χ0n) is 13.7. The summed E-state index contributed by atoms with van der Waals surface area (Å²) >= 11 is 0. The first-order chi connectivity index (χ1) is 11.7. The Labute approximate surface area is 140 Å². The molecule has 5 heteroatoms. The van der Waals surface area contributed by atoms with Crippen LogP contribution in [-0.4, -0.2) is 24.2 Å². The van der Waals surface area contributed by atoms with Crippen molar-refractivity contribution < 1.29 is 9.53 Å². The number of hydrogen-bond acceptors (Lipinski definition) is 3. The lowest BCUT2D eigenvalue weighted by Gasteiger charge is -2.02. The van der Waals surface area contributed by atoms with Crippen LogP contribution in [-0.2, 0) is 11.2 Å². The predicted molar refractivity (Wildman–Crippen MR) is 95.5 cm³/mol. The smallest absolute Gasteiger partial charge is 0.244 e. The second-order valence-electron chi connectivity index (χ2n) is 5.53. The molecule has 0 unspecified atom stereocenters. The number of aryl methyl sites for hydroxylation is 1. The fourth-order valence-corrected chi connectivity index (χ4v) is 2.60. The topological polar surface area (TPSA) is 66.5 Å². The van der Waals surface area contributed by atoms with Crippen LogP contribution in [0.5, 0.6) is 5.75 Å². The van der Waals surface area contributed by atoms with Crippen LogP contribution in [0.1, 0.15) is 16.8 Å². The average molecular weight is 321 g/mol. The molecule has 0 atom stereocenters. The number of H-pyrrole nitrogens is 1. The summed E-state index contributed by atoms with van der Waals surface area (Å²) in [6.07, 6.45) is 1.95. The second-order valence-corrected chi connectivity index (χ2v) is 5.53. The zero-order chi connectivity index (χ0) is 16.9. The van der Waals surface area contributed by atoms with E-state index in [-0.39, 0.29) is 12.3 Å². The molecule has 3 rings (SSSR count). The summed E-state index contributed by atoms with van der Waals surface area (Å²) in [6, 6.07) is 15.4. The van der Waals surface area contributed by atoms with E-state index in [1.54, 1.807) is 13.3 Å². The van der Waals surface area contributed by atoms with E-state index in [0.717, 1.165) is 33.5 Å². The minimum Gasteiger partial charge on any atom is -0.497 e. The highest BCUT2D eigenvalue weighted by atomic mass is 16.5. The maximum absolute atomic E-state index is 12.0. The van der Waals surface area contributed by atoms with Crippen LogP contribution in [0.15, 0.2) is 53.6 Å². The van der Waals surface area contributed by atoms with Crippen LogP contribution in [0.3, 0.4) is 0 Å². The van der Waals surface area contributed by atoms with Crippen LogP contribution in [0.25, 0.3) is 10.9 Å². The second kappa shape index (κ2) is 7.00. The minimum absolute atomic E-state index is 0.158. The number of ether oxygens (including phenoxy) is 1. The van der Waals surface area contributed by atoms with E-state index in [9.17, 15) is 4.79 Å². The molecule has 2 N–H and O–H groups in total. The SMILES string of the molecule is COc1ccc(CC(=O)N/N=C\c2c(C)[nH]c3ccccc23)cc1. The molecule has 1 heterocycles. The largest absolute Gasteiger partial charge is 0.497 e. The van der Waals surface area contributed by atoms with E-state index in [2.05, 4.69) is 15.5 Å². The Bertz CT molecular complexity index is 879. The van der Waals surface area contributed by atoms with Crippen LogP contribution in [0, 0.1) is 6.92 Å². The number of para-hydroxylation sites is 1. The molecule has 2 aromatic carbocycles. The van der Waals surface area contributed by atoms with Gasteiger partial charge in [0.1, 0.15) is 5.75 Å². The Kier molecular flexibility index (Phi) is 4.61. The maximum atomic E-state index is 12.0. The average Bonchev–Trinajstić information content (AvgIpc) is 2.91. The van der Waals surface area contributed by atoms with Crippen molar-refractivity contribution in [2.24, 2.45) is 5.10 Å². The highest BCUT2D eigenvalue weighted by molar-refractivity contribution is 6.00. The molecule has 0 saturated carbocycles. The summed E-state index contributed by atoms with van der Waals surface area (Å²) in [5.41, 5.74) is 6.54. The summed E-state index contributed by atoms with van der Waals surface area (Å²) < 4.78 is 5.10. The Morgan fingerprint density at radius 3 is 2.71 bits per heavy atom. The van der Waals surface area contributed by atoms with Crippen molar-refractivity contribution in [3.05, 3.63) is 65.4 Å². The lowest BCUT2D eigenvalue weighted by molar-refractivity contribution is -0.120. The van der Waals surface area contributed by atoms with Gasteiger partial charge in [-0.2, -0.15) is 5.10 Å². The molecule has 0 aliphatic heterocycles. The van der Waals surface area contributed by atoms with Gasteiger partial charge in [0.15, 0.2) is 0 Å². The number of nitrogens with one attached hydrogen (secondary N) is 2. The summed E-state index contributed by atoms with van der Waals surface area (Å²) in [5.74, 6) is 0.612. The van der Waals surface area contributed by atoms with Crippen LogP contribution >= 0.6 is 0 Å². The summed E-state index contributed by atoms with van der Waals surface area (Å²) in [6.45, 7) is 1.99. The van der Waals surface area contributed by atoms with Crippen LogP contribution in [0.2, 0.25) is 0 Å². The van der Waals surface area contributed by atoms with Crippen molar-refractivity contribution in [3.63, 3.8) is 0 Å². The van der Waals surface area contributed by atoms with Crippen molar-refractivity contribution in [2.75, 3.05) is 7.11 Å². The maximum Gasteiger partial charge on any atom is 0.244 e. The molecule has 0 radical (unpaired) electrons. The molecule has 0 aliphatic carbocycles. The van der Waals surface area contributed by atoms with E-state index < -0.39 is 0 Å². The third-order valence-electron chi connectivity index (χ3n) is 3.85. The molecule has 1 aromatic heterocycles. The first-order valence-electron chi connectivity index (χ1n) is 7.69. The Morgan fingerprint density at radius 2 is 1.96 bits per heavy atom. The van der Waals surface area contributed by atoms with Crippen molar-refractivity contribution >= 4 is 23.0 Å². The van der Waals surface area contributed by atoms with Gasteiger partial charge in [-0.3, -0.25) is 4.79 Å². The van der Waals surface area contributed by atoms with Gasteiger partial charge in [0.05, 0.1) is 19.7 Å². The number of aromatic nitrogens is 1. The molecular weight excluding hydrogens is 302 g/mol. The number of rotatable bonds is 5. The van der Waals surface area contributed by atoms with Gasteiger partial charge in [-0.05, 0) is 30.7 Å². The van der Waals surface area contributed by atoms with Gasteiger partial charge < -0.3 is 9.72 Å². The van der Waals surface area contributed by atoms with Gasteiger partial charge in [-0.15, -0.1) is 0 Å². The van der Waals surface area contributed by atoms with Gasteiger partial charge in [0, 0.05) is 22.2 Å². The highest BCUT2D eigenvalue weighted by Crippen LogP contribution is 2.19. The van der Waals surface area contributed by atoms with Crippen molar-refractivity contribution in [1.82, 2.24) is 10.4 Å². The van der Waals surface area contributed by atoms with E-state index in [0.29, 0.717) is 0 Å². The minimum atomic E-state index is -0.158. The third-order valence-corrected chi connectivity index (χ3v) is 3.85. The number of hydrazone groups is 1. The fourth-order valence-electron chi connectivity index (χ4n) is 2.60. The van der Waals surface area contributed by atoms with Crippen molar-refractivity contribution in [1.29, 1.82) is 0 Å². The lowest BCUT2D eigenvalue weighted by atomic mass is 10.1. The number of nitrogens with zero attached hydrogens (tertiary/aromatic N) is 1. The Balaban J connectivity index is 1.64. The molecule has 0 bridgehead atoms. The van der Waals surface area contributed by atoms with Gasteiger partial charge >= 0.3 is 0 Å². The summed E-state index contributed by atoms with van der Waals surface area (Å²) in [4.78, 5) is 15.3. The fraction of sp³-hybridized carbons (Fsp3) is 0.158. The zero-order valence-corrected chi connectivity index (χ0v) is 13.7. The van der Waals surface area contributed by atoms with E-state index in [4.69, 9.17) is 4.74 Å². The van der Waals surface area contributed by atoms with Gasteiger partial charge in [-0.1, -0.05) is 30.3 Å². The van der Waals surface area contributed by atoms with Crippen LogP contribution < -0.4 is 10.2 Å². The third kappa shape index (κ3) is 3.46. The van der Waals surface area contributed by atoms with Gasteiger partial charge in [0.2, 0.25) is 5.91 Å². The summed E-state index contributed by atoms with van der Waals surface area (Å²) in [5, 5.41) is 5.17. The summed E-state index contributed by atoms with van der Waals surface area (Å²) in [7, 11) is 1.61. The Morgan fingerprint density at radius 1 is 1.21 bits per heavy atom. The number of hydrogen-bond donors (Lipinski definition) is 2. The molecule has 0 fully saturated rings. The molecule has 0 aliphatic rings. The molecule has 1 amide bonds. The molecule has 122 valence electrons. The predicted octanol–water partition coefficient (Wildman–Crippen LogP) is 3.18. The van der Waals surface area contributed by atoms with E-state index >= 15 is 0 Å². The van der Waals surface area contributed by atoms with Gasteiger partial charge in [0.25, 0.3) is 0 Å². The van der Waals surface area contributed by atoms with Crippen molar-refractivity contribution in [3.8, 4) is 5.75 Å². The molecule has 0 saturated heterocycles. The number of benzene rings is 2. The van der Waals surface area contributed by atoms with Crippen LogP contribution in [0.4, 0.5) is 0 Å². The molecule has 3 aromatic rings. The van der Waals surface area contributed by atoms with E-state index in [1.165, 1.54) is 0 Å². The van der Waals surface area contributed by atoms with Gasteiger partial charge in [-0.25, -0.2) is 5.43 Å². The number of carbonyl (C=O) groups is 1. The Hall–Kier alpha value is -3.08. The first-order valence-corrected chi connectivity index (χ1v) is 7.69. The lowest BCUT2D eigenvalue weighted by Crippen LogP contribution is -2.19. The molecule has 0 spiro atoms. The quantitative estimate of drug-likeness (QED) is 0.560. The number of methoxy groups -OCH3 is 1. The van der Waals surface area contributed by atoms with E-state index in [1.807, 2.05) is 55.5 Å². The number of carbonyl (C=O) groups excluding carboxylic acids is 1. The number of amides is 1. The molecule has 5 nitrogen and oxygen atoms in total. The highest BCUT2D eigenvalue weighted by Gasteiger charge is 2.06.